The highest BCUT2D eigenvalue weighted by Gasteiger charge is 2.33. The molecule has 32 heavy (non-hydrogen) atoms. The van der Waals surface area contributed by atoms with E-state index in [-0.39, 0.29) is 17.2 Å². The summed E-state index contributed by atoms with van der Waals surface area (Å²) < 4.78 is 55.3. The molecule has 0 radical (unpaired) electrons. The number of hydrogen-bond donors (Lipinski definition) is 0. The van der Waals surface area contributed by atoms with E-state index in [0.717, 1.165) is 24.6 Å². The summed E-state index contributed by atoms with van der Waals surface area (Å²) in [6.45, 7) is 1.23. The second kappa shape index (κ2) is 7.94. The maximum Gasteiger partial charge on any atom is 0.435 e. The van der Waals surface area contributed by atoms with Crippen molar-refractivity contribution in [1.82, 2.24) is 15.1 Å². The van der Waals surface area contributed by atoms with Gasteiger partial charge in [-0.3, -0.25) is 0 Å². The molecule has 0 bridgehead atoms. The highest BCUT2D eigenvalue weighted by atomic mass is 32.1. The first-order chi connectivity index (χ1) is 15.3. The summed E-state index contributed by atoms with van der Waals surface area (Å²) in [5, 5.41) is 8.07. The normalized spacial score (nSPS) is 17.3. The first-order valence-corrected chi connectivity index (χ1v) is 11.0. The Labute approximate surface area is 186 Å². The Morgan fingerprint density at radius 2 is 1.84 bits per heavy atom. The number of nitrogens with zero attached hydrogens (tertiary/aromatic N) is 3. The molecular weight excluding hydrogens is 438 g/mol. The van der Waals surface area contributed by atoms with Crippen LogP contribution in [0.15, 0.2) is 54.6 Å². The molecule has 8 heteroatoms. The molecule has 2 aromatic heterocycles. The second-order valence-electron chi connectivity index (χ2n) is 8.06. The molecule has 0 amide bonds. The van der Waals surface area contributed by atoms with E-state index in [1.54, 1.807) is 17.4 Å². The van der Waals surface area contributed by atoms with Crippen molar-refractivity contribution in [3.05, 3.63) is 82.1 Å². The van der Waals surface area contributed by atoms with Gasteiger partial charge >= 0.3 is 6.18 Å². The Morgan fingerprint density at radius 3 is 2.56 bits per heavy atom. The molecule has 164 valence electrons. The van der Waals surface area contributed by atoms with Gasteiger partial charge < -0.3 is 4.90 Å². The van der Waals surface area contributed by atoms with Gasteiger partial charge in [0.25, 0.3) is 0 Å². The van der Waals surface area contributed by atoms with E-state index in [1.807, 2.05) is 25.2 Å². The van der Waals surface area contributed by atoms with Gasteiger partial charge in [0, 0.05) is 33.2 Å². The Balaban J connectivity index is 1.59. The van der Waals surface area contributed by atoms with Gasteiger partial charge in [-0.2, -0.15) is 13.2 Å². The average Bonchev–Trinajstić information content (AvgIpc) is 3.11. The van der Waals surface area contributed by atoms with Gasteiger partial charge in [0.05, 0.1) is 5.69 Å². The highest BCUT2D eigenvalue weighted by Crippen LogP contribution is 2.41. The van der Waals surface area contributed by atoms with Crippen molar-refractivity contribution in [2.75, 3.05) is 13.6 Å². The molecule has 0 saturated carbocycles. The van der Waals surface area contributed by atoms with Crippen LogP contribution in [0.2, 0.25) is 0 Å². The van der Waals surface area contributed by atoms with E-state index >= 15 is 4.39 Å². The predicted octanol–water partition coefficient (Wildman–Crippen LogP) is 6.48. The second-order valence-corrected chi connectivity index (χ2v) is 9.18. The Kier molecular flexibility index (Phi) is 5.22. The largest absolute Gasteiger partial charge is 0.435 e. The van der Waals surface area contributed by atoms with Gasteiger partial charge in [0.15, 0.2) is 5.69 Å². The molecule has 2 aromatic carbocycles. The van der Waals surface area contributed by atoms with E-state index in [0.29, 0.717) is 12.1 Å². The van der Waals surface area contributed by atoms with Crippen LogP contribution in [0.4, 0.5) is 17.6 Å². The predicted molar refractivity (Wildman–Crippen MR) is 117 cm³/mol. The number of hydrogen-bond acceptors (Lipinski definition) is 4. The summed E-state index contributed by atoms with van der Waals surface area (Å²) in [6, 6.07) is 15.8. The number of aromatic nitrogens is 2. The van der Waals surface area contributed by atoms with Crippen LogP contribution in [0.3, 0.4) is 0 Å². The van der Waals surface area contributed by atoms with E-state index in [2.05, 4.69) is 33.3 Å². The molecule has 5 rings (SSSR count). The average molecular weight is 457 g/mol. The molecule has 1 unspecified atom stereocenters. The van der Waals surface area contributed by atoms with E-state index < -0.39 is 17.7 Å². The molecule has 3 nitrogen and oxygen atoms in total. The van der Waals surface area contributed by atoms with E-state index in [9.17, 15) is 13.2 Å². The lowest BCUT2D eigenvalue weighted by atomic mass is 9.89. The fraction of sp³-hybridized carbons (Fsp3) is 0.250. The number of alkyl halides is 3. The molecule has 0 aliphatic carbocycles. The summed E-state index contributed by atoms with van der Waals surface area (Å²) in [5.74, 6) is -0.397. The Morgan fingerprint density at radius 1 is 1.03 bits per heavy atom. The Hall–Kier alpha value is -2.84. The lowest BCUT2D eigenvalue weighted by Crippen LogP contribution is -2.18. The van der Waals surface area contributed by atoms with Crippen LogP contribution in [-0.4, -0.2) is 28.7 Å². The summed E-state index contributed by atoms with van der Waals surface area (Å²) in [5.41, 5.74) is 0.633. The van der Waals surface area contributed by atoms with Gasteiger partial charge in [0.1, 0.15) is 5.82 Å². The summed E-state index contributed by atoms with van der Waals surface area (Å²) >= 11 is 1.72. The van der Waals surface area contributed by atoms with Crippen LogP contribution in [-0.2, 0) is 12.7 Å². The molecule has 0 fully saturated rings. The van der Waals surface area contributed by atoms with Crippen molar-refractivity contribution in [2.24, 2.45) is 0 Å². The summed E-state index contributed by atoms with van der Waals surface area (Å²) in [4.78, 5) is 3.25. The standard InChI is InChI=1S/C24H19F4N3S/c1-31-11-10-16(21-12-14-4-2-3-5-20(14)32-21)15-6-7-17(23(25)18(15)13-31)19-8-9-22(30-29-19)24(26,27)28/h2-9,12,16H,10-11,13H2,1H3. The molecule has 0 spiro atoms. The van der Waals surface area contributed by atoms with Crippen molar-refractivity contribution in [3.63, 3.8) is 0 Å². The van der Waals surface area contributed by atoms with E-state index in [4.69, 9.17) is 0 Å². The van der Waals surface area contributed by atoms with E-state index in [1.165, 1.54) is 21.0 Å². The lowest BCUT2D eigenvalue weighted by Gasteiger charge is -2.18. The third-order valence-electron chi connectivity index (χ3n) is 5.90. The molecule has 0 N–H and O–H groups in total. The molecule has 4 aromatic rings. The number of benzene rings is 2. The van der Waals surface area contributed by atoms with Gasteiger partial charge in [-0.05, 0) is 61.3 Å². The van der Waals surface area contributed by atoms with Crippen LogP contribution < -0.4 is 0 Å². The maximum atomic E-state index is 15.7. The van der Waals surface area contributed by atoms with Crippen molar-refractivity contribution < 1.29 is 17.6 Å². The molecule has 0 saturated heterocycles. The highest BCUT2D eigenvalue weighted by molar-refractivity contribution is 7.19. The van der Waals surface area contributed by atoms with Crippen molar-refractivity contribution in [2.45, 2.75) is 25.1 Å². The maximum absolute atomic E-state index is 15.7. The minimum atomic E-state index is -4.59. The third kappa shape index (κ3) is 3.78. The minimum absolute atomic E-state index is 0.0505. The van der Waals surface area contributed by atoms with Crippen LogP contribution in [0.5, 0.6) is 0 Å². The van der Waals surface area contributed by atoms with Gasteiger partial charge in [-0.25, -0.2) is 4.39 Å². The quantitative estimate of drug-likeness (QED) is 0.323. The first-order valence-electron chi connectivity index (χ1n) is 10.2. The third-order valence-corrected chi connectivity index (χ3v) is 7.13. The summed E-state index contributed by atoms with van der Waals surface area (Å²) in [7, 11) is 1.95. The minimum Gasteiger partial charge on any atom is -0.302 e. The smallest absolute Gasteiger partial charge is 0.302 e. The van der Waals surface area contributed by atoms with Gasteiger partial charge in [-0.15, -0.1) is 21.5 Å². The molecule has 1 aliphatic heterocycles. The number of halogens is 4. The Bertz CT molecular complexity index is 1250. The van der Waals surface area contributed by atoms with Crippen LogP contribution in [0.1, 0.15) is 34.0 Å². The first kappa shape index (κ1) is 21.0. The SMILES string of the molecule is CN1CCC(c2cc3ccccc3s2)c2ccc(-c3ccc(C(F)(F)F)nn3)c(F)c2C1. The zero-order valence-electron chi connectivity index (χ0n) is 17.2. The monoisotopic (exact) mass is 457 g/mol. The zero-order chi connectivity index (χ0) is 22.5. The van der Waals surface area contributed by atoms with Gasteiger partial charge in [-0.1, -0.05) is 24.3 Å². The van der Waals surface area contributed by atoms with Crippen molar-refractivity contribution in [3.8, 4) is 11.3 Å². The molecule has 3 heterocycles. The van der Waals surface area contributed by atoms with Gasteiger partial charge in [0.2, 0.25) is 0 Å². The topological polar surface area (TPSA) is 29.0 Å². The van der Waals surface area contributed by atoms with Crippen molar-refractivity contribution in [1.29, 1.82) is 0 Å². The number of fused-ring (bicyclic) bond motifs is 2. The molecular formula is C24H19F4N3S. The van der Waals surface area contributed by atoms with Crippen LogP contribution in [0.25, 0.3) is 21.3 Å². The number of rotatable bonds is 2. The van der Waals surface area contributed by atoms with Crippen molar-refractivity contribution >= 4 is 21.4 Å². The zero-order valence-corrected chi connectivity index (χ0v) is 18.0. The molecule has 1 aliphatic rings. The summed E-state index contributed by atoms with van der Waals surface area (Å²) in [6.07, 6.45) is -3.73. The fourth-order valence-corrected chi connectivity index (χ4v) is 5.49. The lowest BCUT2D eigenvalue weighted by molar-refractivity contribution is -0.141. The number of thiophene rings is 1. The van der Waals surface area contributed by atoms with Crippen LogP contribution in [0, 0.1) is 5.82 Å². The fourth-order valence-electron chi connectivity index (χ4n) is 4.27. The van der Waals surface area contributed by atoms with Crippen LogP contribution >= 0.6 is 11.3 Å². The molecule has 1 atom stereocenters.